The van der Waals surface area contributed by atoms with E-state index in [1.54, 1.807) is 0 Å². The van der Waals surface area contributed by atoms with Gasteiger partial charge in [0.05, 0.1) is 7.47 Å². The summed E-state index contributed by atoms with van der Waals surface area (Å²) in [6, 6.07) is 0. The summed E-state index contributed by atoms with van der Waals surface area (Å²) >= 11 is 6.09. The van der Waals surface area contributed by atoms with Gasteiger partial charge in [0.15, 0.2) is 0 Å². The van der Waals surface area contributed by atoms with Crippen LogP contribution in [0.2, 0.25) is 0 Å². The highest BCUT2D eigenvalue weighted by Crippen LogP contribution is 2.46. The van der Waals surface area contributed by atoms with Crippen LogP contribution in [-0.4, -0.2) is 32.0 Å². The molecule has 0 aromatic heterocycles. The number of ether oxygens (including phenoxy) is 1. The van der Waals surface area contributed by atoms with E-state index in [-0.39, 0.29) is 6.10 Å². The second kappa shape index (κ2) is 7.41. The van der Waals surface area contributed by atoms with E-state index in [2.05, 4.69) is 11.8 Å². The highest BCUT2D eigenvalue weighted by molar-refractivity contribution is 7.80. The van der Waals surface area contributed by atoms with Gasteiger partial charge < -0.3 is 14.1 Å². The minimum atomic E-state index is -0.989. The Kier molecular flexibility index (Phi) is 5.74. The van der Waals surface area contributed by atoms with Crippen molar-refractivity contribution >= 4 is 18.7 Å². The molecule has 2 unspecified atom stereocenters. The van der Waals surface area contributed by atoms with Gasteiger partial charge in [-0.1, -0.05) is 18.2 Å². The Labute approximate surface area is 98.9 Å². The van der Waals surface area contributed by atoms with Gasteiger partial charge in [-0.25, -0.2) is 6.57 Å². The SMILES string of the molecule is [3H]C1C[C@H](CP(Cl)OCC[N+]#[C-])[C@@H](CC)O1. The fourth-order valence-electron chi connectivity index (χ4n) is 1.61. The zero-order valence-electron chi connectivity index (χ0n) is 9.86. The molecule has 1 saturated heterocycles. The predicted molar refractivity (Wildman–Crippen MR) is 63.2 cm³/mol. The molecule has 0 spiro atoms. The van der Waals surface area contributed by atoms with Gasteiger partial charge in [-0.15, -0.1) is 0 Å². The van der Waals surface area contributed by atoms with Crippen molar-refractivity contribution in [2.75, 3.05) is 25.9 Å². The van der Waals surface area contributed by atoms with E-state index < -0.39 is 14.1 Å². The van der Waals surface area contributed by atoms with Crippen molar-refractivity contribution < 1.29 is 10.6 Å². The number of rotatable bonds is 6. The Morgan fingerprint density at radius 1 is 1.80 bits per heavy atom. The normalized spacial score (nSPS) is 33.4. The van der Waals surface area contributed by atoms with E-state index in [1.165, 1.54) is 0 Å². The van der Waals surface area contributed by atoms with Gasteiger partial charge in [-0.3, -0.25) is 0 Å². The van der Waals surface area contributed by atoms with E-state index in [9.17, 15) is 0 Å². The fourth-order valence-corrected chi connectivity index (χ4v) is 3.49. The van der Waals surface area contributed by atoms with Crippen molar-refractivity contribution in [3.63, 3.8) is 0 Å². The number of hydrogen-bond acceptors (Lipinski definition) is 2. The van der Waals surface area contributed by atoms with E-state index in [0.717, 1.165) is 19.0 Å². The lowest BCUT2D eigenvalue weighted by Gasteiger charge is -2.18. The van der Waals surface area contributed by atoms with E-state index in [0.29, 0.717) is 19.1 Å². The molecule has 1 aliphatic heterocycles. The van der Waals surface area contributed by atoms with Crippen LogP contribution in [0.25, 0.3) is 4.85 Å². The van der Waals surface area contributed by atoms with Crippen LogP contribution in [0.3, 0.4) is 0 Å². The third-order valence-electron chi connectivity index (χ3n) is 2.41. The zero-order chi connectivity index (χ0) is 12.0. The predicted octanol–water partition coefficient (Wildman–Crippen LogP) is 3.29. The Hall–Kier alpha value is 0.130. The third kappa shape index (κ3) is 4.66. The Morgan fingerprint density at radius 2 is 2.60 bits per heavy atom. The van der Waals surface area contributed by atoms with Gasteiger partial charge in [-0.2, -0.15) is 0 Å². The summed E-state index contributed by atoms with van der Waals surface area (Å²) in [5.41, 5.74) is 0. The van der Waals surface area contributed by atoms with Crippen molar-refractivity contribution in [3.05, 3.63) is 11.4 Å². The van der Waals surface area contributed by atoms with E-state index in [4.69, 9.17) is 28.4 Å². The lowest BCUT2D eigenvalue weighted by molar-refractivity contribution is 0.0915. The van der Waals surface area contributed by atoms with Gasteiger partial charge in [0, 0.05) is 12.7 Å². The molecule has 0 amide bonds. The molecule has 1 rings (SSSR count). The van der Waals surface area contributed by atoms with Gasteiger partial charge in [0.25, 0.3) is 0 Å². The third-order valence-corrected chi connectivity index (χ3v) is 4.34. The first-order valence-electron chi connectivity index (χ1n) is 5.72. The molecule has 1 fully saturated rings. The van der Waals surface area contributed by atoms with Crippen LogP contribution in [0.15, 0.2) is 0 Å². The number of hydrogen-bond donors (Lipinski definition) is 0. The monoisotopic (exact) mass is 251 g/mol. The molecule has 0 radical (unpaired) electrons. The minimum absolute atomic E-state index is 0.149. The summed E-state index contributed by atoms with van der Waals surface area (Å²) in [5, 5.41) is 0. The van der Waals surface area contributed by atoms with Crippen molar-refractivity contribution in [3.8, 4) is 0 Å². The van der Waals surface area contributed by atoms with E-state index in [1.807, 2.05) is 0 Å². The lowest BCUT2D eigenvalue weighted by atomic mass is 10.0. The van der Waals surface area contributed by atoms with Crippen molar-refractivity contribution in [1.29, 1.82) is 0 Å². The van der Waals surface area contributed by atoms with Crippen molar-refractivity contribution in [2.24, 2.45) is 5.92 Å². The molecule has 0 aromatic carbocycles. The first kappa shape index (κ1) is 11.6. The van der Waals surface area contributed by atoms with Crippen LogP contribution >= 0.6 is 18.7 Å². The molecule has 1 heterocycles. The average molecular weight is 252 g/mol. The summed E-state index contributed by atoms with van der Waals surface area (Å²) in [6.07, 6.45) is 2.58. The average Bonchev–Trinajstić information content (AvgIpc) is 2.59. The van der Waals surface area contributed by atoms with Gasteiger partial charge in [0.1, 0.15) is 14.1 Å². The number of halogens is 1. The Morgan fingerprint density at radius 3 is 3.27 bits per heavy atom. The van der Waals surface area contributed by atoms with Crippen LogP contribution < -0.4 is 0 Å². The molecule has 4 atom stereocenters. The molecule has 86 valence electrons. The summed E-state index contributed by atoms with van der Waals surface area (Å²) < 4.78 is 18.4. The fraction of sp³-hybridized carbons (Fsp3) is 0.900. The summed E-state index contributed by atoms with van der Waals surface area (Å²) in [6.45, 7) is 9.06. The first-order valence-corrected chi connectivity index (χ1v) is 7.49. The molecule has 0 aliphatic carbocycles. The number of nitrogens with zero attached hydrogens (tertiary/aromatic N) is 1. The Balaban J connectivity index is 2.27. The summed E-state index contributed by atoms with van der Waals surface area (Å²) in [5.74, 6) is 0.337. The van der Waals surface area contributed by atoms with Crippen LogP contribution in [-0.2, 0) is 9.26 Å². The molecule has 3 nitrogen and oxygen atoms in total. The van der Waals surface area contributed by atoms with Crippen molar-refractivity contribution in [2.45, 2.75) is 25.9 Å². The molecule has 0 saturated carbocycles. The molecule has 0 aromatic rings. The highest BCUT2D eigenvalue weighted by Gasteiger charge is 2.29. The zero-order valence-corrected chi connectivity index (χ0v) is 10.5. The van der Waals surface area contributed by atoms with Crippen LogP contribution in [0.1, 0.15) is 21.1 Å². The van der Waals surface area contributed by atoms with Gasteiger partial charge in [-0.05, 0) is 18.8 Å². The van der Waals surface area contributed by atoms with Crippen LogP contribution in [0.4, 0.5) is 0 Å². The smallest absolute Gasteiger partial charge is 0.238 e. The maximum atomic E-state index is 7.57. The van der Waals surface area contributed by atoms with E-state index >= 15 is 0 Å². The van der Waals surface area contributed by atoms with Gasteiger partial charge in [0.2, 0.25) is 6.54 Å². The molecule has 5 heteroatoms. The Bertz CT molecular complexity index is 251. The molecule has 0 N–H and O–H groups in total. The highest BCUT2D eigenvalue weighted by atomic mass is 35.7. The topological polar surface area (TPSA) is 22.8 Å². The molecular weight excluding hydrogens is 233 g/mol. The second-order valence-electron chi connectivity index (χ2n) is 3.46. The molecule has 0 bridgehead atoms. The van der Waals surface area contributed by atoms with Crippen LogP contribution in [0.5, 0.6) is 0 Å². The quantitative estimate of drug-likeness (QED) is 0.411. The maximum Gasteiger partial charge on any atom is 0.238 e. The van der Waals surface area contributed by atoms with Crippen LogP contribution in [0, 0.1) is 12.5 Å². The molecule has 1 aliphatic rings. The standard InChI is InChI=1S/C10H17ClNO2P/c1-3-10-9(4-6-13-10)8-15(11)14-7-5-12-2/h9-10H,3-8H2,1H3/t9-,10-,15?/m1/s1/i6T/t6?,9-,10-,15?. The lowest BCUT2D eigenvalue weighted by Crippen LogP contribution is -2.17. The van der Waals surface area contributed by atoms with Gasteiger partial charge >= 0.3 is 0 Å². The molecule has 15 heavy (non-hydrogen) atoms. The summed E-state index contributed by atoms with van der Waals surface area (Å²) in [4.78, 5) is 3.20. The molecular formula is C10H17ClNO2P. The van der Waals surface area contributed by atoms with Crippen molar-refractivity contribution in [1.82, 2.24) is 0 Å². The summed E-state index contributed by atoms with van der Waals surface area (Å²) in [7, 11) is -0.989. The largest absolute Gasteiger partial charge is 0.378 e. The minimum Gasteiger partial charge on any atom is -0.378 e. The first-order chi connectivity index (χ1) is 7.67. The maximum absolute atomic E-state index is 7.57. The second-order valence-corrected chi connectivity index (χ2v) is 5.85.